The summed E-state index contributed by atoms with van der Waals surface area (Å²) in [6.45, 7) is 2.74. The Balaban J connectivity index is 1.29. The van der Waals surface area contributed by atoms with Crippen LogP contribution in [-0.2, 0) is 22.9 Å². The highest BCUT2D eigenvalue weighted by Gasteiger charge is 2.45. The summed E-state index contributed by atoms with van der Waals surface area (Å²) in [4.78, 5) is 2.48. The molecule has 0 radical (unpaired) electrons. The van der Waals surface area contributed by atoms with E-state index >= 15 is 0 Å². The van der Waals surface area contributed by atoms with Crippen molar-refractivity contribution in [1.29, 1.82) is 0 Å². The van der Waals surface area contributed by atoms with E-state index in [-0.39, 0.29) is 0 Å². The number of hydrogen-bond donors (Lipinski definition) is 2. The third kappa shape index (κ3) is 4.01. The number of fused-ring (bicyclic) bond motifs is 3. The molecule has 1 heterocycles. The van der Waals surface area contributed by atoms with Crippen LogP contribution in [0.2, 0.25) is 0 Å². The van der Waals surface area contributed by atoms with Crippen LogP contribution in [0.15, 0.2) is 48.5 Å². The van der Waals surface area contributed by atoms with Gasteiger partial charge in [0.25, 0.3) is 0 Å². The molecule has 2 aromatic rings. The predicted octanol–water partition coefficient (Wildman–Crippen LogP) is 3.01. The molecule has 2 aromatic carbocycles. The fourth-order valence-electron chi connectivity index (χ4n) is 6.22. The van der Waals surface area contributed by atoms with Crippen molar-refractivity contribution < 1.29 is 13.5 Å². The highest BCUT2D eigenvalue weighted by atomic mass is 32.2. The van der Waals surface area contributed by atoms with E-state index in [0.29, 0.717) is 23.4 Å². The van der Waals surface area contributed by atoms with Crippen LogP contribution in [0, 0.1) is 11.8 Å². The van der Waals surface area contributed by atoms with Crippen molar-refractivity contribution >= 4 is 15.7 Å². The number of nitrogens with one attached hydrogen (secondary N) is 1. The van der Waals surface area contributed by atoms with Crippen molar-refractivity contribution in [1.82, 2.24) is 4.90 Å². The van der Waals surface area contributed by atoms with Gasteiger partial charge < -0.3 is 5.11 Å². The molecule has 2 aliphatic carbocycles. The number of β-amino-alcohol motifs (C(OH)–C–C–N with tert-alkyl or cyclic N) is 1. The summed E-state index contributed by atoms with van der Waals surface area (Å²) in [5, 5.41) is 11.3. The molecule has 1 saturated heterocycles. The second-order valence-electron chi connectivity index (χ2n) is 9.66. The molecule has 2 unspecified atom stereocenters. The van der Waals surface area contributed by atoms with Gasteiger partial charge in [-0.25, -0.2) is 8.42 Å². The van der Waals surface area contributed by atoms with Gasteiger partial charge in [-0.15, -0.1) is 0 Å². The first-order chi connectivity index (χ1) is 14.3. The Bertz CT molecular complexity index is 1010. The molecule has 3 aliphatic rings. The molecule has 2 fully saturated rings. The first-order valence-electron chi connectivity index (χ1n) is 10.9. The molecular weight excluding hydrogens is 396 g/mol. The van der Waals surface area contributed by atoms with Crippen LogP contribution in [0.5, 0.6) is 0 Å². The molecule has 2 N–H and O–H groups in total. The van der Waals surface area contributed by atoms with Gasteiger partial charge in [0, 0.05) is 38.2 Å². The van der Waals surface area contributed by atoms with E-state index in [2.05, 4.69) is 40.0 Å². The second kappa shape index (κ2) is 7.36. The molecule has 0 spiro atoms. The maximum Gasteiger partial charge on any atom is 0.229 e. The largest absolute Gasteiger partial charge is 0.388 e. The molecule has 0 aromatic heterocycles. The maximum atomic E-state index is 11.6. The van der Waals surface area contributed by atoms with Crippen molar-refractivity contribution in [2.75, 3.05) is 30.6 Å². The Kier molecular flexibility index (Phi) is 4.92. The quantitative estimate of drug-likeness (QED) is 0.771. The average Bonchev–Trinajstić information content (AvgIpc) is 3.13. The van der Waals surface area contributed by atoms with Gasteiger partial charge >= 0.3 is 0 Å². The number of rotatable bonds is 5. The second-order valence-corrected chi connectivity index (χ2v) is 11.4. The first kappa shape index (κ1) is 20.0. The van der Waals surface area contributed by atoms with E-state index in [1.807, 2.05) is 18.2 Å². The van der Waals surface area contributed by atoms with Gasteiger partial charge in [0.15, 0.2) is 0 Å². The zero-order chi connectivity index (χ0) is 20.9. The van der Waals surface area contributed by atoms with Crippen LogP contribution in [0.1, 0.15) is 35.4 Å². The summed E-state index contributed by atoms with van der Waals surface area (Å²) in [7, 11) is -3.27. The summed E-state index contributed by atoms with van der Waals surface area (Å²) in [5.74, 6) is 1.59. The SMILES string of the molecule is CS(=O)(=O)Nc1cccc(C2C3CCC2CN(CC2(O)Cc4ccccc4C2)C3)c1. The number of benzene rings is 2. The van der Waals surface area contributed by atoms with Crippen LogP contribution in [0.3, 0.4) is 0 Å². The smallest absolute Gasteiger partial charge is 0.229 e. The molecule has 5 rings (SSSR count). The average molecular weight is 427 g/mol. The molecule has 1 aliphatic heterocycles. The van der Waals surface area contributed by atoms with Crippen LogP contribution >= 0.6 is 0 Å². The zero-order valence-electron chi connectivity index (χ0n) is 17.4. The van der Waals surface area contributed by atoms with Crippen molar-refractivity contribution in [3.8, 4) is 0 Å². The standard InChI is InChI=1S/C24H30N2O3S/c1-30(28,29)25-22-8-4-7-17(11-22)23-20-9-10-21(23)15-26(14-20)16-24(27)12-18-5-2-3-6-19(18)13-24/h2-8,11,20-21,23,25,27H,9-10,12-16H2,1H3. The Morgan fingerprint density at radius 3 is 2.27 bits per heavy atom. The van der Waals surface area contributed by atoms with Crippen LogP contribution in [0.4, 0.5) is 5.69 Å². The van der Waals surface area contributed by atoms with E-state index in [1.54, 1.807) is 0 Å². The summed E-state index contributed by atoms with van der Waals surface area (Å²) >= 11 is 0. The lowest BCUT2D eigenvalue weighted by Gasteiger charge is -2.41. The van der Waals surface area contributed by atoms with Gasteiger partial charge in [-0.1, -0.05) is 36.4 Å². The monoisotopic (exact) mass is 426 g/mol. The minimum Gasteiger partial charge on any atom is -0.388 e. The first-order valence-corrected chi connectivity index (χ1v) is 12.8. The molecule has 5 nitrogen and oxygen atoms in total. The van der Waals surface area contributed by atoms with E-state index in [4.69, 9.17) is 0 Å². The number of sulfonamides is 1. The fraction of sp³-hybridized carbons (Fsp3) is 0.500. The van der Waals surface area contributed by atoms with Gasteiger partial charge in [0.2, 0.25) is 10.0 Å². The van der Waals surface area contributed by atoms with Crippen LogP contribution < -0.4 is 4.72 Å². The lowest BCUT2D eigenvalue weighted by Crippen LogP contribution is -2.49. The number of anilines is 1. The van der Waals surface area contributed by atoms with Crippen molar-refractivity contribution in [3.05, 3.63) is 65.2 Å². The zero-order valence-corrected chi connectivity index (χ0v) is 18.2. The van der Waals surface area contributed by atoms with Gasteiger partial charge in [0.1, 0.15) is 0 Å². The summed E-state index contributed by atoms with van der Waals surface area (Å²) in [6.07, 6.45) is 5.09. The molecule has 160 valence electrons. The van der Waals surface area contributed by atoms with Crippen molar-refractivity contribution in [2.45, 2.75) is 37.2 Å². The summed E-state index contributed by atoms with van der Waals surface area (Å²) < 4.78 is 25.8. The third-order valence-electron chi connectivity index (χ3n) is 7.16. The van der Waals surface area contributed by atoms with Gasteiger partial charge in [-0.2, -0.15) is 0 Å². The normalized spacial score (nSPS) is 27.7. The number of nitrogens with zero attached hydrogens (tertiary/aromatic N) is 1. The number of piperidine rings is 1. The molecule has 2 atom stereocenters. The van der Waals surface area contributed by atoms with Crippen LogP contribution in [0.25, 0.3) is 0 Å². The van der Waals surface area contributed by atoms with E-state index in [0.717, 1.165) is 32.5 Å². The number of hydrogen-bond acceptors (Lipinski definition) is 4. The van der Waals surface area contributed by atoms with Crippen molar-refractivity contribution in [3.63, 3.8) is 0 Å². The highest BCUT2D eigenvalue weighted by Crippen LogP contribution is 2.48. The van der Waals surface area contributed by atoms with Gasteiger partial charge in [-0.3, -0.25) is 9.62 Å². The lowest BCUT2D eigenvalue weighted by atomic mass is 9.79. The number of aliphatic hydroxyl groups is 1. The topological polar surface area (TPSA) is 69.6 Å². The minimum absolute atomic E-state index is 0.470. The van der Waals surface area contributed by atoms with E-state index < -0.39 is 15.6 Å². The fourth-order valence-corrected chi connectivity index (χ4v) is 6.77. The van der Waals surface area contributed by atoms with E-state index in [1.165, 1.54) is 35.8 Å². The van der Waals surface area contributed by atoms with Gasteiger partial charge in [0.05, 0.1) is 11.9 Å². The molecule has 2 bridgehead atoms. The maximum absolute atomic E-state index is 11.6. The highest BCUT2D eigenvalue weighted by molar-refractivity contribution is 7.92. The molecular formula is C24H30N2O3S. The van der Waals surface area contributed by atoms with Crippen molar-refractivity contribution in [2.24, 2.45) is 11.8 Å². The Labute approximate surface area is 179 Å². The van der Waals surface area contributed by atoms with Gasteiger partial charge in [-0.05, 0) is 59.4 Å². The minimum atomic E-state index is -3.27. The number of likely N-dealkylation sites (tertiary alicyclic amines) is 1. The Morgan fingerprint density at radius 2 is 1.67 bits per heavy atom. The Morgan fingerprint density at radius 1 is 1.03 bits per heavy atom. The van der Waals surface area contributed by atoms with E-state index in [9.17, 15) is 13.5 Å². The molecule has 0 amide bonds. The molecule has 1 saturated carbocycles. The van der Waals surface area contributed by atoms with Crippen LogP contribution in [-0.4, -0.2) is 49.9 Å². The predicted molar refractivity (Wildman–Crippen MR) is 119 cm³/mol. The third-order valence-corrected chi connectivity index (χ3v) is 7.77. The summed E-state index contributed by atoms with van der Waals surface area (Å²) in [6, 6.07) is 16.3. The molecule has 30 heavy (non-hydrogen) atoms. The Hall–Kier alpha value is -1.89. The summed E-state index contributed by atoms with van der Waals surface area (Å²) in [5.41, 5.74) is 3.80. The molecule has 6 heteroatoms. The lowest BCUT2D eigenvalue weighted by molar-refractivity contribution is -0.00447.